The fourth-order valence-electron chi connectivity index (χ4n) is 2.39. The maximum Gasteiger partial charge on any atom is 0.0664 e. The van der Waals surface area contributed by atoms with E-state index in [1.807, 2.05) is 6.92 Å². The van der Waals surface area contributed by atoms with E-state index in [4.69, 9.17) is 0 Å². The average Bonchev–Trinajstić information content (AvgIpc) is 2.30. The standard InChI is InChI=1S/C13H28N2O/c1-3-9-15(11-13(16)4-2)10-12-7-5-6-8-14-12/h12-14,16H,3-11H2,1-2H3. The van der Waals surface area contributed by atoms with Gasteiger partial charge in [-0.25, -0.2) is 0 Å². The van der Waals surface area contributed by atoms with Gasteiger partial charge < -0.3 is 10.4 Å². The monoisotopic (exact) mass is 228 g/mol. The molecule has 3 heteroatoms. The SMILES string of the molecule is CCCN(CC(O)CC)CC1CCCCN1. The fraction of sp³-hybridized carbons (Fsp3) is 1.00. The first kappa shape index (κ1) is 13.9. The highest BCUT2D eigenvalue weighted by atomic mass is 16.3. The Morgan fingerprint density at radius 3 is 2.75 bits per heavy atom. The average molecular weight is 228 g/mol. The van der Waals surface area contributed by atoms with E-state index in [9.17, 15) is 5.11 Å². The molecule has 1 heterocycles. The molecule has 1 fully saturated rings. The second kappa shape index (κ2) is 8.04. The molecule has 0 amide bonds. The molecule has 3 nitrogen and oxygen atoms in total. The molecule has 1 aliphatic rings. The van der Waals surface area contributed by atoms with Gasteiger partial charge in [-0.2, -0.15) is 0 Å². The Labute approximate surface area is 100 Å². The lowest BCUT2D eigenvalue weighted by Gasteiger charge is -2.31. The van der Waals surface area contributed by atoms with E-state index in [0.29, 0.717) is 6.04 Å². The number of hydrogen-bond donors (Lipinski definition) is 2. The first-order chi connectivity index (χ1) is 7.76. The molecule has 0 aromatic heterocycles. The zero-order chi connectivity index (χ0) is 11.8. The summed E-state index contributed by atoms with van der Waals surface area (Å²) in [4.78, 5) is 2.41. The maximum absolute atomic E-state index is 9.72. The van der Waals surface area contributed by atoms with Gasteiger partial charge in [0.1, 0.15) is 0 Å². The summed E-state index contributed by atoms with van der Waals surface area (Å²) in [7, 11) is 0. The summed E-state index contributed by atoms with van der Waals surface area (Å²) in [6.07, 6.45) is 5.84. The van der Waals surface area contributed by atoms with Crippen LogP contribution in [0.25, 0.3) is 0 Å². The number of nitrogens with zero attached hydrogens (tertiary/aromatic N) is 1. The molecule has 0 radical (unpaired) electrons. The van der Waals surface area contributed by atoms with Crippen LogP contribution >= 0.6 is 0 Å². The molecular weight excluding hydrogens is 200 g/mol. The van der Waals surface area contributed by atoms with E-state index in [2.05, 4.69) is 17.1 Å². The molecule has 96 valence electrons. The number of aliphatic hydroxyl groups is 1. The van der Waals surface area contributed by atoms with Crippen LogP contribution in [0.2, 0.25) is 0 Å². The van der Waals surface area contributed by atoms with Crippen molar-refractivity contribution in [1.29, 1.82) is 0 Å². The molecule has 0 aromatic rings. The molecule has 2 N–H and O–H groups in total. The van der Waals surface area contributed by atoms with Gasteiger partial charge in [-0.15, -0.1) is 0 Å². The first-order valence-electron chi connectivity index (χ1n) is 6.90. The van der Waals surface area contributed by atoms with E-state index in [-0.39, 0.29) is 6.10 Å². The highest BCUT2D eigenvalue weighted by Gasteiger charge is 2.17. The molecule has 1 rings (SSSR count). The number of rotatable bonds is 7. The number of aliphatic hydroxyl groups excluding tert-OH is 1. The van der Waals surface area contributed by atoms with E-state index in [0.717, 1.165) is 26.1 Å². The van der Waals surface area contributed by atoms with Crippen LogP contribution in [0.15, 0.2) is 0 Å². The molecule has 0 aromatic carbocycles. The summed E-state index contributed by atoms with van der Waals surface area (Å²) in [5.41, 5.74) is 0. The Morgan fingerprint density at radius 1 is 1.38 bits per heavy atom. The van der Waals surface area contributed by atoms with Gasteiger partial charge in [-0.1, -0.05) is 20.3 Å². The number of nitrogens with one attached hydrogen (secondary N) is 1. The minimum absolute atomic E-state index is 0.157. The predicted molar refractivity (Wildman–Crippen MR) is 68.7 cm³/mol. The molecule has 16 heavy (non-hydrogen) atoms. The summed E-state index contributed by atoms with van der Waals surface area (Å²) < 4.78 is 0. The minimum atomic E-state index is -0.157. The first-order valence-corrected chi connectivity index (χ1v) is 6.90. The lowest BCUT2D eigenvalue weighted by Crippen LogP contribution is -2.45. The third-order valence-electron chi connectivity index (χ3n) is 3.37. The summed E-state index contributed by atoms with van der Waals surface area (Å²) in [5, 5.41) is 13.3. The Kier molecular flexibility index (Phi) is 7.01. The van der Waals surface area contributed by atoms with Crippen LogP contribution in [0, 0.1) is 0 Å². The molecule has 0 spiro atoms. The van der Waals surface area contributed by atoms with Crippen LogP contribution in [0.4, 0.5) is 0 Å². The largest absolute Gasteiger partial charge is 0.392 e. The van der Waals surface area contributed by atoms with E-state index >= 15 is 0 Å². The van der Waals surface area contributed by atoms with Crippen LogP contribution in [-0.2, 0) is 0 Å². The quantitative estimate of drug-likeness (QED) is 0.695. The van der Waals surface area contributed by atoms with Crippen molar-refractivity contribution in [3.05, 3.63) is 0 Å². The molecule has 0 saturated carbocycles. The molecular formula is C13H28N2O. The molecule has 2 atom stereocenters. The highest BCUT2D eigenvalue weighted by Crippen LogP contribution is 2.09. The topological polar surface area (TPSA) is 35.5 Å². The molecule has 0 bridgehead atoms. The summed E-state index contributed by atoms with van der Waals surface area (Å²) >= 11 is 0. The zero-order valence-corrected chi connectivity index (χ0v) is 10.9. The Bertz CT molecular complexity index is 169. The van der Waals surface area contributed by atoms with E-state index in [1.54, 1.807) is 0 Å². The third-order valence-corrected chi connectivity index (χ3v) is 3.37. The fourth-order valence-corrected chi connectivity index (χ4v) is 2.39. The minimum Gasteiger partial charge on any atom is -0.392 e. The maximum atomic E-state index is 9.72. The lowest BCUT2D eigenvalue weighted by molar-refractivity contribution is 0.101. The predicted octanol–water partition coefficient (Wildman–Crippen LogP) is 1.61. The van der Waals surface area contributed by atoms with Crippen molar-refractivity contribution < 1.29 is 5.11 Å². The van der Waals surface area contributed by atoms with Crippen molar-refractivity contribution in [3.63, 3.8) is 0 Å². The van der Waals surface area contributed by atoms with Crippen molar-refractivity contribution >= 4 is 0 Å². The van der Waals surface area contributed by atoms with Gasteiger partial charge in [0.05, 0.1) is 6.10 Å². The molecule has 2 unspecified atom stereocenters. The Hall–Kier alpha value is -0.120. The van der Waals surface area contributed by atoms with Crippen LogP contribution < -0.4 is 5.32 Å². The van der Waals surface area contributed by atoms with E-state index in [1.165, 1.54) is 32.2 Å². The normalized spacial score (nSPS) is 23.6. The van der Waals surface area contributed by atoms with Crippen molar-refractivity contribution in [3.8, 4) is 0 Å². The van der Waals surface area contributed by atoms with Gasteiger partial charge in [0, 0.05) is 19.1 Å². The van der Waals surface area contributed by atoms with Crippen LogP contribution in [0.5, 0.6) is 0 Å². The van der Waals surface area contributed by atoms with Crippen molar-refractivity contribution in [2.24, 2.45) is 0 Å². The van der Waals surface area contributed by atoms with Gasteiger partial charge in [0.15, 0.2) is 0 Å². The van der Waals surface area contributed by atoms with Gasteiger partial charge in [0.2, 0.25) is 0 Å². The summed E-state index contributed by atoms with van der Waals surface area (Å²) in [6.45, 7) is 8.47. The lowest BCUT2D eigenvalue weighted by atomic mass is 10.0. The second-order valence-corrected chi connectivity index (χ2v) is 4.97. The van der Waals surface area contributed by atoms with Gasteiger partial charge in [-0.05, 0) is 38.8 Å². The van der Waals surface area contributed by atoms with Crippen molar-refractivity contribution in [2.45, 2.75) is 58.1 Å². The van der Waals surface area contributed by atoms with Gasteiger partial charge in [0.25, 0.3) is 0 Å². The molecule has 0 aliphatic carbocycles. The highest BCUT2D eigenvalue weighted by molar-refractivity contribution is 4.77. The zero-order valence-electron chi connectivity index (χ0n) is 10.9. The van der Waals surface area contributed by atoms with Gasteiger partial charge in [-0.3, -0.25) is 4.90 Å². The van der Waals surface area contributed by atoms with Crippen LogP contribution in [0.1, 0.15) is 46.0 Å². The van der Waals surface area contributed by atoms with Crippen LogP contribution in [0.3, 0.4) is 0 Å². The van der Waals surface area contributed by atoms with Crippen LogP contribution in [-0.4, -0.2) is 48.3 Å². The Balaban J connectivity index is 2.30. The van der Waals surface area contributed by atoms with Gasteiger partial charge >= 0.3 is 0 Å². The van der Waals surface area contributed by atoms with Crippen molar-refractivity contribution in [1.82, 2.24) is 10.2 Å². The number of piperidine rings is 1. The smallest absolute Gasteiger partial charge is 0.0664 e. The Morgan fingerprint density at radius 2 is 2.19 bits per heavy atom. The molecule has 1 aliphatic heterocycles. The summed E-state index contributed by atoms with van der Waals surface area (Å²) in [6, 6.07) is 0.643. The third kappa shape index (κ3) is 5.28. The number of hydrogen-bond acceptors (Lipinski definition) is 3. The van der Waals surface area contributed by atoms with Crippen molar-refractivity contribution in [2.75, 3.05) is 26.2 Å². The molecule has 1 saturated heterocycles. The van der Waals surface area contributed by atoms with E-state index < -0.39 is 0 Å². The second-order valence-electron chi connectivity index (χ2n) is 4.97. The summed E-state index contributed by atoms with van der Waals surface area (Å²) in [5.74, 6) is 0.